The lowest BCUT2D eigenvalue weighted by Crippen LogP contribution is -2.17. The fraction of sp³-hybridized carbons (Fsp3) is 0.467. The molecule has 90 valence electrons. The molecule has 0 bridgehead atoms. The Balaban J connectivity index is 1.77. The Kier molecular flexibility index (Phi) is 2.67. The van der Waals surface area contributed by atoms with E-state index >= 15 is 0 Å². The van der Waals surface area contributed by atoms with Crippen LogP contribution in [0.3, 0.4) is 0 Å². The summed E-state index contributed by atoms with van der Waals surface area (Å²) >= 11 is 0. The second kappa shape index (κ2) is 4.19. The van der Waals surface area contributed by atoms with Crippen molar-refractivity contribution in [1.82, 2.24) is 9.88 Å². The van der Waals surface area contributed by atoms with Gasteiger partial charge in [-0.05, 0) is 24.0 Å². The number of aromatic nitrogens is 1. The van der Waals surface area contributed by atoms with E-state index in [4.69, 9.17) is 0 Å². The lowest BCUT2D eigenvalue weighted by atomic mass is 10.2. The van der Waals surface area contributed by atoms with Crippen LogP contribution in [0.1, 0.15) is 25.3 Å². The smallest absolute Gasteiger partial charge is 0.0481 e. The van der Waals surface area contributed by atoms with Crippen LogP contribution in [0.25, 0.3) is 10.9 Å². The summed E-state index contributed by atoms with van der Waals surface area (Å²) in [5.41, 5.74) is 2.75. The number of aryl methyl sites for hydroxylation is 1. The standard InChI is InChI=1S/C15H20N2/c1-3-11-8-14(11)16-9-12-10-17(2)15-7-5-4-6-13(12)15/h4-7,10-11,14,16H,3,8-9H2,1-2H3. The summed E-state index contributed by atoms with van der Waals surface area (Å²) in [6.07, 6.45) is 4.93. The zero-order valence-electron chi connectivity index (χ0n) is 10.6. The maximum absolute atomic E-state index is 3.67. The Morgan fingerprint density at radius 3 is 2.94 bits per heavy atom. The topological polar surface area (TPSA) is 17.0 Å². The van der Waals surface area contributed by atoms with Crippen molar-refractivity contribution in [2.45, 2.75) is 32.4 Å². The molecule has 2 aromatic rings. The van der Waals surface area contributed by atoms with E-state index in [1.165, 1.54) is 29.3 Å². The lowest BCUT2D eigenvalue weighted by molar-refractivity contribution is 0.624. The third-order valence-electron chi connectivity index (χ3n) is 3.98. The molecule has 1 saturated carbocycles. The minimum atomic E-state index is 0.763. The van der Waals surface area contributed by atoms with E-state index in [0.717, 1.165) is 18.5 Å². The van der Waals surface area contributed by atoms with Crippen molar-refractivity contribution in [1.29, 1.82) is 0 Å². The van der Waals surface area contributed by atoms with Gasteiger partial charge in [-0.15, -0.1) is 0 Å². The number of hydrogen-bond acceptors (Lipinski definition) is 1. The quantitative estimate of drug-likeness (QED) is 0.851. The molecule has 1 aromatic carbocycles. The summed E-state index contributed by atoms with van der Waals surface area (Å²) in [5, 5.41) is 5.05. The molecule has 1 aliphatic carbocycles. The molecule has 2 heteroatoms. The fourth-order valence-corrected chi connectivity index (χ4v) is 2.76. The zero-order chi connectivity index (χ0) is 11.8. The van der Waals surface area contributed by atoms with Gasteiger partial charge in [0.2, 0.25) is 0 Å². The fourth-order valence-electron chi connectivity index (χ4n) is 2.76. The summed E-state index contributed by atoms with van der Waals surface area (Å²) in [6.45, 7) is 3.28. The van der Waals surface area contributed by atoms with Gasteiger partial charge < -0.3 is 9.88 Å². The summed E-state index contributed by atoms with van der Waals surface area (Å²) in [4.78, 5) is 0. The van der Waals surface area contributed by atoms with Crippen molar-refractivity contribution >= 4 is 10.9 Å². The molecule has 0 spiro atoms. The number of para-hydroxylation sites is 1. The molecular formula is C15H20N2. The van der Waals surface area contributed by atoms with E-state index in [2.05, 4.69) is 54.3 Å². The lowest BCUT2D eigenvalue weighted by Gasteiger charge is -2.02. The van der Waals surface area contributed by atoms with Gasteiger partial charge >= 0.3 is 0 Å². The third kappa shape index (κ3) is 1.98. The average molecular weight is 228 g/mol. The van der Waals surface area contributed by atoms with E-state index in [-0.39, 0.29) is 0 Å². The number of benzene rings is 1. The van der Waals surface area contributed by atoms with Gasteiger partial charge in [0.15, 0.2) is 0 Å². The molecule has 0 radical (unpaired) electrons. The van der Waals surface area contributed by atoms with Gasteiger partial charge in [-0.3, -0.25) is 0 Å². The number of nitrogens with one attached hydrogen (secondary N) is 1. The van der Waals surface area contributed by atoms with Crippen LogP contribution in [0.15, 0.2) is 30.5 Å². The van der Waals surface area contributed by atoms with Crippen LogP contribution in [0.2, 0.25) is 0 Å². The molecule has 1 aromatic heterocycles. The molecule has 0 aliphatic heterocycles. The van der Waals surface area contributed by atoms with Crippen LogP contribution in [0.5, 0.6) is 0 Å². The maximum atomic E-state index is 3.67. The van der Waals surface area contributed by atoms with Crippen LogP contribution < -0.4 is 5.32 Å². The minimum absolute atomic E-state index is 0.763. The molecule has 1 N–H and O–H groups in total. The Bertz CT molecular complexity index is 527. The molecule has 1 fully saturated rings. The predicted octanol–water partition coefficient (Wildman–Crippen LogP) is 3.07. The molecule has 2 nitrogen and oxygen atoms in total. The summed E-state index contributed by atoms with van der Waals surface area (Å²) < 4.78 is 2.22. The van der Waals surface area contributed by atoms with Gasteiger partial charge in [0, 0.05) is 36.7 Å². The molecule has 0 saturated heterocycles. The normalized spacial score (nSPS) is 23.2. The van der Waals surface area contributed by atoms with E-state index in [9.17, 15) is 0 Å². The molecule has 1 heterocycles. The van der Waals surface area contributed by atoms with Crippen molar-refractivity contribution in [2.75, 3.05) is 0 Å². The number of nitrogens with zero attached hydrogens (tertiary/aromatic N) is 1. The molecule has 2 atom stereocenters. The van der Waals surface area contributed by atoms with Crippen LogP contribution in [-0.2, 0) is 13.6 Å². The number of hydrogen-bond donors (Lipinski definition) is 1. The van der Waals surface area contributed by atoms with E-state index in [1.54, 1.807) is 0 Å². The highest BCUT2D eigenvalue weighted by atomic mass is 15.0. The van der Waals surface area contributed by atoms with Crippen molar-refractivity contribution in [3.63, 3.8) is 0 Å². The Morgan fingerprint density at radius 2 is 2.18 bits per heavy atom. The van der Waals surface area contributed by atoms with Crippen LogP contribution in [0.4, 0.5) is 0 Å². The van der Waals surface area contributed by atoms with Gasteiger partial charge in [-0.1, -0.05) is 31.5 Å². The van der Waals surface area contributed by atoms with Crippen molar-refractivity contribution in [3.05, 3.63) is 36.0 Å². The second-order valence-electron chi connectivity index (χ2n) is 5.17. The van der Waals surface area contributed by atoms with Gasteiger partial charge in [-0.2, -0.15) is 0 Å². The summed E-state index contributed by atoms with van der Waals surface area (Å²) in [5.74, 6) is 0.921. The summed E-state index contributed by atoms with van der Waals surface area (Å²) in [6, 6.07) is 9.39. The Labute approximate surface area is 103 Å². The minimum Gasteiger partial charge on any atom is -0.350 e. The van der Waals surface area contributed by atoms with Gasteiger partial charge in [0.1, 0.15) is 0 Å². The monoisotopic (exact) mass is 228 g/mol. The highest BCUT2D eigenvalue weighted by molar-refractivity contribution is 5.83. The Hall–Kier alpha value is -1.28. The number of rotatable bonds is 4. The van der Waals surface area contributed by atoms with E-state index < -0.39 is 0 Å². The largest absolute Gasteiger partial charge is 0.350 e. The highest BCUT2D eigenvalue weighted by Gasteiger charge is 2.34. The molecule has 1 aliphatic rings. The molecule has 17 heavy (non-hydrogen) atoms. The molecule has 0 amide bonds. The third-order valence-corrected chi connectivity index (χ3v) is 3.98. The average Bonchev–Trinajstić information content (AvgIpc) is 3.06. The summed E-state index contributed by atoms with van der Waals surface area (Å²) in [7, 11) is 2.12. The van der Waals surface area contributed by atoms with E-state index in [0.29, 0.717) is 0 Å². The van der Waals surface area contributed by atoms with Gasteiger partial charge in [0.05, 0.1) is 0 Å². The highest BCUT2D eigenvalue weighted by Crippen LogP contribution is 2.33. The van der Waals surface area contributed by atoms with Crippen LogP contribution >= 0.6 is 0 Å². The SMILES string of the molecule is CCC1CC1NCc1cn(C)c2ccccc12. The number of fused-ring (bicyclic) bond motifs is 1. The molecule has 3 rings (SSSR count). The van der Waals surface area contributed by atoms with Crippen molar-refractivity contribution < 1.29 is 0 Å². The first kappa shape index (κ1) is 10.8. The van der Waals surface area contributed by atoms with Crippen molar-refractivity contribution in [2.24, 2.45) is 13.0 Å². The second-order valence-corrected chi connectivity index (χ2v) is 5.17. The first-order valence-electron chi connectivity index (χ1n) is 6.56. The first-order valence-corrected chi connectivity index (χ1v) is 6.56. The van der Waals surface area contributed by atoms with Crippen LogP contribution in [-0.4, -0.2) is 10.6 Å². The van der Waals surface area contributed by atoms with Gasteiger partial charge in [-0.25, -0.2) is 0 Å². The first-order chi connectivity index (χ1) is 8.29. The molecule has 2 unspecified atom stereocenters. The Morgan fingerprint density at radius 1 is 1.35 bits per heavy atom. The van der Waals surface area contributed by atoms with Crippen molar-refractivity contribution in [3.8, 4) is 0 Å². The van der Waals surface area contributed by atoms with Gasteiger partial charge in [0.25, 0.3) is 0 Å². The predicted molar refractivity (Wildman–Crippen MR) is 71.9 cm³/mol. The molecular weight excluding hydrogens is 208 g/mol. The zero-order valence-corrected chi connectivity index (χ0v) is 10.6. The maximum Gasteiger partial charge on any atom is 0.0481 e. The van der Waals surface area contributed by atoms with Crippen LogP contribution in [0, 0.1) is 5.92 Å². The van der Waals surface area contributed by atoms with E-state index in [1.807, 2.05) is 0 Å².